The lowest BCUT2D eigenvalue weighted by atomic mass is 10.1. The fraction of sp³-hybridized carbons (Fsp3) is 0.182. The molecule has 1 unspecified atom stereocenters. The van der Waals surface area contributed by atoms with E-state index in [4.69, 9.17) is 9.47 Å². The Morgan fingerprint density at radius 1 is 0.704 bits per heavy atom. The number of halogens is 2. The number of aliphatic hydroxyl groups excluding tert-OH is 1. The van der Waals surface area contributed by atoms with Crippen LogP contribution >= 0.6 is 31.9 Å². The lowest BCUT2D eigenvalue weighted by molar-refractivity contribution is 0.197. The van der Waals surface area contributed by atoms with E-state index in [1.165, 1.54) is 0 Å². The predicted octanol–water partition coefficient (Wildman–Crippen LogP) is 5.99. The summed E-state index contributed by atoms with van der Waals surface area (Å²) >= 11 is 6.72. The number of benzene rings is 3. The van der Waals surface area contributed by atoms with Crippen molar-refractivity contribution in [2.24, 2.45) is 0 Å². The monoisotopic (exact) mass is 490 g/mol. The predicted molar refractivity (Wildman–Crippen MR) is 115 cm³/mol. The van der Waals surface area contributed by atoms with Crippen LogP contribution in [0.1, 0.15) is 22.8 Å². The molecule has 5 heteroatoms. The average Bonchev–Trinajstić information content (AvgIpc) is 2.71. The molecule has 3 aromatic carbocycles. The third kappa shape index (κ3) is 6.09. The molecule has 0 saturated heterocycles. The fourth-order valence-corrected chi connectivity index (χ4v) is 3.17. The summed E-state index contributed by atoms with van der Waals surface area (Å²) < 4.78 is 11.6. The highest BCUT2D eigenvalue weighted by Gasteiger charge is 2.17. The first kappa shape index (κ1) is 19.9. The number of hydrogen-bond donors (Lipinski definition) is 1. The second-order valence-electron chi connectivity index (χ2n) is 6.07. The highest BCUT2D eigenvalue weighted by molar-refractivity contribution is 9.24. The Bertz CT molecular complexity index is 777. The van der Waals surface area contributed by atoms with Gasteiger partial charge in [0.2, 0.25) is 0 Å². The van der Waals surface area contributed by atoms with Crippen molar-refractivity contribution in [3.63, 3.8) is 0 Å². The number of ether oxygens (including phenoxy) is 2. The summed E-state index contributed by atoms with van der Waals surface area (Å²) in [6.45, 7) is 0.898. The second kappa shape index (κ2) is 9.93. The molecule has 3 nitrogen and oxygen atoms in total. The minimum atomic E-state index is -0.732. The lowest BCUT2D eigenvalue weighted by Gasteiger charge is -2.17. The van der Waals surface area contributed by atoms with Crippen molar-refractivity contribution in [3.8, 4) is 11.5 Å². The Hall–Kier alpha value is -1.82. The average molecular weight is 492 g/mol. The molecule has 3 aromatic rings. The Morgan fingerprint density at radius 3 is 1.56 bits per heavy atom. The van der Waals surface area contributed by atoms with Gasteiger partial charge in [-0.25, -0.2) is 0 Å². The molecule has 0 heterocycles. The summed E-state index contributed by atoms with van der Waals surface area (Å²) in [4.78, 5) is 0. The molecule has 0 aliphatic rings. The Morgan fingerprint density at radius 2 is 1.15 bits per heavy atom. The normalized spacial score (nSPS) is 12.0. The standard InChI is InChI=1S/C22H20Br2O3/c23-22(24)21(25)18-11-19(26-14-16-7-3-1-4-8-16)13-20(12-18)27-15-17-9-5-2-6-10-17/h1-13,21-22,25H,14-15H2. The van der Waals surface area contributed by atoms with Crippen LogP contribution in [0.3, 0.4) is 0 Å². The van der Waals surface area contributed by atoms with Crippen molar-refractivity contribution in [3.05, 3.63) is 95.6 Å². The molecule has 0 fully saturated rings. The van der Waals surface area contributed by atoms with E-state index in [0.29, 0.717) is 30.3 Å². The third-order valence-electron chi connectivity index (χ3n) is 3.98. The zero-order valence-electron chi connectivity index (χ0n) is 14.6. The van der Waals surface area contributed by atoms with Gasteiger partial charge in [-0.15, -0.1) is 0 Å². The van der Waals surface area contributed by atoms with Gasteiger partial charge in [-0.2, -0.15) is 0 Å². The zero-order valence-corrected chi connectivity index (χ0v) is 17.8. The Labute approximate surface area is 176 Å². The van der Waals surface area contributed by atoms with Crippen LogP contribution in [0.4, 0.5) is 0 Å². The Balaban J connectivity index is 1.77. The summed E-state index contributed by atoms with van der Waals surface area (Å²) in [5.74, 6) is 1.30. The van der Waals surface area contributed by atoms with Crippen LogP contribution in [-0.2, 0) is 13.2 Å². The van der Waals surface area contributed by atoms with Crippen LogP contribution in [0.15, 0.2) is 78.9 Å². The SMILES string of the molecule is OC(c1cc(OCc2ccccc2)cc(OCc2ccccc2)c1)C(Br)Br. The zero-order chi connectivity index (χ0) is 19.1. The summed E-state index contributed by atoms with van der Waals surface area (Å²) in [7, 11) is 0. The number of alkyl halides is 2. The van der Waals surface area contributed by atoms with Crippen molar-refractivity contribution in [1.29, 1.82) is 0 Å². The molecule has 27 heavy (non-hydrogen) atoms. The van der Waals surface area contributed by atoms with Crippen LogP contribution in [-0.4, -0.2) is 8.84 Å². The van der Waals surface area contributed by atoms with E-state index in [-0.39, 0.29) is 3.74 Å². The molecule has 0 spiro atoms. The molecule has 1 N–H and O–H groups in total. The lowest BCUT2D eigenvalue weighted by Crippen LogP contribution is -2.06. The van der Waals surface area contributed by atoms with Gasteiger partial charge in [0.15, 0.2) is 0 Å². The molecule has 0 saturated carbocycles. The van der Waals surface area contributed by atoms with E-state index in [1.807, 2.05) is 78.9 Å². The molecular formula is C22H20Br2O3. The first-order valence-electron chi connectivity index (χ1n) is 8.56. The van der Waals surface area contributed by atoms with E-state index < -0.39 is 6.10 Å². The van der Waals surface area contributed by atoms with E-state index in [1.54, 1.807) is 0 Å². The summed E-state index contributed by atoms with van der Waals surface area (Å²) in [6.07, 6.45) is -0.732. The number of rotatable bonds is 8. The molecule has 0 amide bonds. The van der Waals surface area contributed by atoms with Crippen molar-refractivity contribution < 1.29 is 14.6 Å². The van der Waals surface area contributed by atoms with E-state index in [9.17, 15) is 5.11 Å². The first-order chi connectivity index (χ1) is 13.1. The molecule has 140 valence electrons. The summed E-state index contributed by atoms with van der Waals surface area (Å²) in [5, 5.41) is 10.4. The van der Waals surface area contributed by atoms with Crippen LogP contribution in [0.2, 0.25) is 0 Å². The van der Waals surface area contributed by atoms with E-state index in [2.05, 4.69) is 31.9 Å². The van der Waals surface area contributed by atoms with Crippen LogP contribution < -0.4 is 9.47 Å². The van der Waals surface area contributed by atoms with Crippen molar-refractivity contribution in [1.82, 2.24) is 0 Å². The van der Waals surface area contributed by atoms with Gasteiger partial charge in [0.1, 0.15) is 30.8 Å². The molecule has 3 rings (SSSR count). The van der Waals surface area contributed by atoms with Crippen molar-refractivity contribution in [2.75, 3.05) is 0 Å². The third-order valence-corrected chi connectivity index (χ3v) is 4.98. The topological polar surface area (TPSA) is 38.7 Å². The van der Waals surface area contributed by atoms with Crippen LogP contribution in [0.25, 0.3) is 0 Å². The Kier molecular flexibility index (Phi) is 7.33. The van der Waals surface area contributed by atoms with Gasteiger partial charge in [-0.05, 0) is 28.8 Å². The molecule has 0 bridgehead atoms. The number of hydrogen-bond acceptors (Lipinski definition) is 3. The molecule has 0 aliphatic heterocycles. The van der Waals surface area contributed by atoms with Crippen LogP contribution in [0, 0.1) is 0 Å². The van der Waals surface area contributed by atoms with Crippen molar-refractivity contribution in [2.45, 2.75) is 23.1 Å². The van der Waals surface area contributed by atoms with E-state index in [0.717, 1.165) is 11.1 Å². The van der Waals surface area contributed by atoms with Gasteiger partial charge in [-0.3, -0.25) is 0 Å². The largest absolute Gasteiger partial charge is 0.489 e. The number of aliphatic hydroxyl groups is 1. The second-order valence-corrected chi connectivity index (χ2v) is 9.27. The maximum Gasteiger partial charge on any atom is 0.123 e. The molecule has 0 radical (unpaired) electrons. The highest BCUT2D eigenvalue weighted by atomic mass is 79.9. The maximum absolute atomic E-state index is 10.4. The summed E-state index contributed by atoms with van der Waals surface area (Å²) in [6, 6.07) is 25.4. The maximum atomic E-state index is 10.4. The van der Waals surface area contributed by atoms with Gasteiger partial charge in [0, 0.05) is 6.07 Å². The fourth-order valence-electron chi connectivity index (χ4n) is 2.56. The minimum Gasteiger partial charge on any atom is -0.489 e. The minimum absolute atomic E-state index is 0.267. The summed E-state index contributed by atoms with van der Waals surface area (Å²) in [5.41, 5.74) is 2.87. The van der Waals surface area contributed by atoms with Gasteiger partial charge in [0.05, 0.1) is 3.74 Å². The van der Waals surface area contributed by atoms with Gasteiger partial charge < -0.3 is 14.6 Å². The van der Waals surface area contributed by atoms with E-state index >= 15 is 0 Å². The molecule has 0 aliphatic carbocycles. The van der Waals surface area contributed by atoms with Gasteiger partial charge >= 0.3 is 0 Å². The van der Waals surface area contributed by atoms with Crippen LogP contribution in [0.5, 0.6) is 11.5 Å². The van der Waals surface area contributed by atoms with Gasteiger partial charge in [0.25, 0.3) is 0 Å². The molecule has 1 atom stereocenters. The van der Waals surface area contributed by atoms with Gasteiger partial charge in [-0.1, -0.05) is 92.5 Å². The smallest absolute Gasteiger partial charge is 0.123 e. The first-order valence-corrected chi connectivity index (χ1v) is 10.4. The highest BCUT2D eigenvalue weighted by Crippen LogP contribution is 2.33. The molecular weight excluding hydrogens is 472 g/mol. The quantitative estimate of drug-likeness (QED) is 0.393. The van der Waals surface area contributed by atoms with Crippen molar-refractivity contribution >= 4 is 31.9 Å². The molecule has 0 aromatic heterocycles.